The van der Waals surface area contributed by atoms with Crippen LogP contribution in [0.3, 0.4) is 0 Å². The van der Waals surface area contributed by atoms with Gasteiger partial charge in [-0.3, -0.25) is 4.79 Å². The lowest BCUT2D eigenvalue weighted by atomic mass is 10.1. The number of aromatic hydroxyl groups is 1. The molecule has 122 valence electrons. The first kappa shape index (κ1) is 17.0. The Labute approximate surface area is 139 Å². The molecule has 0 aliphatic rings. The Morgan fingerprint density at radius 2 is 1.75 bits per heavy atom. The number of benzene rings is 2. The summed E-state index contributed by atoms with van der Waals surface area (Å²) in [5, 5.41) is 11.9. The van der Waals surface area contributed by atoms with Crippen LogP contribution in [0.1, 0.15) is 15.9 Å². The summed E-state index contributed by atoms with van der Waals surface area (Å²) in [4.78, 5) is 24.4. The van der Waals surface area contributed by atoms with Crippen LogP contribution in [-0.4, -0.2) is 23.6 Å². The monoisotopic (exact) mass is 323 g/mol. The van der Waals surface area contributed by atoms with Crippen LogP contribution >= 0.6 is 0 Å². The first-order valence-corrected chi connectivity index (χ1v) is 7.25. The van der Waals surface area contributed by atoms with Gasteiger partial charge in [0.2, 0.25) is 0 Å². The predicted molar refractivity (Wildman–Crippen MR) is 91.1 cm³/mol. The molecule has 0 heterocycles. The molecule has 0 bridgehead atoms. The van der Waals surface area contributed by atoms with Crippen molar-refractivity contribution >= 4 is 18.0 Å². The van der Waals surface area contributed by atoms with Crippen LogP contribution in [0.4, 0.5) is 0 Å². The van der Waals surface area contributed by atoms with Gasteiger partial charge in [-0.2, -0.15) is 0 Å². The van der Waals surface area contributed by atoms with Gasteiger partial charge in [-0.1, -0.05) is 43.0 Å². The van der Waals surface area contributed by atoms with E-state index in [2.05, 4.69) is 11.9 Å². The zero-order chi connectivity index (χ0) is 17.4. The number of carbonyl (C=O) groups excluding carboxylic acids is 2. The Balaban J connectivity index is 2.25. The highest BCUT2D eigenvalue weighted by atomic mass is 16.5. The molecule has 2 rings (SSSR count). The number of carbonyl (C=O) groups is 2. The molecule has 24 heavy (non-hydrogen) atoms. The molecule has 5 heteroatoms. The fraction of sp³-hybridized carbons (Fsp3) is 0.0526. The summed E-state index contributed by atoms with van der Waals surface area (Å²) >= 11 is 0. The predicted octanol–water partition coefficient (Wildman–Crippen LogP) is 2.89. The van der Waals surface area contributed by atoms with Gasteiger partial charge in [-0.25, -0.2) is 4.79 Å². The molecule has 0 spiro atoms. The standard InChI is InChI=1S/C19H17NO4/c1-2-12-24-19(23)17(13-14-8-10-16(21)11-9-14)20-18(22)15-6-4-3-5-7-15/h2-11,13,21H,1,12H2,(H,20,22)/b17-13-. The maximum atomic E-state index is 12.3. The minimum atomic E-state index is -0.674. The highest BCUT2D eigenvalue weighted by molar-refractivity contribution is 6.03. The molecule has 0 unspecified atom stereocenters. The number of rotatable bonds is 6. The molecule has 0 fully saturated rings. The van der Waals surface area contributed by atoms with Crippen LogP contribution in [0.2, 0.25) is 0 Å². The Morgan fingerprint density at radius 3 is 2.38 bits per heavy atom. The summed E-state index contributed by atoms with van der Waals surface area (Å²) in [5.41, 5.74) is 1.05. The van der Waals surface area contributed by atoms with Crippen molar-refractivity contribution in [1.82, 2.24) is 5.32 Å². The molecule has 0 radical (unpaired) electrons. The van der Waals surface area contributed by atoms with Crippen LogP contribution in [0.15, 0.2) is 72.9 Å². The molecule has 0 atom stereocenters. The van der Waals surface area contributed by atoms with Crippen LogP contribution < -0.4 is 5.32 Å². The van der Waals surface area contributed by atoms with Crippen molar-refractivity contribution < 1.29 is 19.4 Å². The van der Waals surface area contributed by atoms with Gasteiger partial charge in [0.1, 0.15) is 18.1 Å². The molecule has 5 nitrogen and oxygen atoms in total. The Morgan fingerprint density at radius 1 is 1.08 bits per heavy atom. The summed E-state index contributed by atoms with van der Waals surface area (Å²) in [7, 11) is 0. The first-order chi connectivity index (χ1) is 11.6. The number of ether oxygens (including phenoxy) is 1. The Kier molecular flexibility index (Phi) is 5.91. The van der Waals surface area contributed by atoms with E-state index in [4.69, 9.17) is 4.74 Å². The minimum Gasteiger partial charge on any atom is -0.508 e. The normalized spacial score (nSPS) is 10.8. The second-order valence-electron chi connectivity index (χ2n) is 4.86. The van der Waals surface area contributed by atoms with Gasteiger partial charge in [-0.15, -0.1) is 0 Å². The third kappa shape index (κ3) is 4.84. The van der Waals surface area contributed by atoms with Gasteiger partial charge in [-0.05, 0) is 35.9 Å². The van der Waals surface area contributed by atoms with E-state index in [1.165, 1.54) is 24.3 Å². The molecule has 0 saturated heterocycles. The van der Waals surface area contributed by atoms with E-state index in [9.17, 15) is 14.7 Å². The van der Waals surface area contributed by atoms with Gasteiger partial charge in [0, 0.05) is 5.56 Å². The van der Waals surface area contributed by atoms with Gasteiger partial charge in [0.25, 0.3) is 5.91 Å². The van der Waals surface area contributed by atoms with Crippen molar-refractivity contribution in [2.45, 2.75) is 0 Å². The lowest BCUT2D eigenvalue weighted by Crippen LogP contribution is -2.28. The number of esters is 1. The molecule has 1 amide bonds. The summed E-state index contributed by atoms with van der Waals surface area (Å²) in [6.45, 7) is 3.52. The molecule has 0 aliphatic heterocycles. The van der Waals surface area contributed by atoms with Crippen molar-refractivity contribution in [3.63, 3.8) is 0 Å². The number of phenols is 1. The van der Waals surface area contributed by atoms with Crippen LogP contribution in [-0.2, 0) is 9.53 Å². The van der Waals surface area contributed by atoms with Crippen LogP contribution in [0.5, 0.6) is 5.75 Å². The molecule has 0 saturated carbocycles. The summed E-state index contributed by atoms with van der Waals surface area (Å²) in [6, 6.07) is 14.7. The van der Waals surface area contributed by atoms with Crippen molar-refractivity contribution in [3.05, 3.63) is 84.1 Å². The van der Waals surface area contributed by atoms with Crippen LogP contribution in [0, 0.1) is 0 Å². The number of nitrogens with one attached hydrogen (secondary N) is 1. The third-order valence-corrected chi connectivity index (χ3v) is 3.04. The lowest BCUT2D eigenvalue weighted by molar-refractivity contribution is -0.138. The average Bonchev–Trinajstić information content (AvgIpc) is 2.61. The zero-order valence-electron chi connectivity index (χ0n) is 12.9. The molecule has 2 aromatic carbocycles. The molecule has 0 aromatic heterocycles. The third-order valence-electron chi connectivity index (χ3n) is 3.04. The van der Waals surface area contributed by atoms with E-state index in [-0.39, 0.29) is 18.1 Å². The summed E-state index contributed by atoms with van der Waals surface area (Å²) in [6.07, 6.45) is 2.92. The Hall–Kier alpha value is -3.34. The Bertz CT molecular complexity index is 749. The average molecular weight is 323 g/mol. The minimum absolute atomic E-state index is 0.00334. The summed E-state index contributed by atoms with van der Waals surface area (Å²) < 4.78 is 5.00. The number of hydrogen-bond acceptors (Lipinski definition) is 4. The molecule has 0 aliphatic carbocycles. The smallest absolute Gasteiger partial charge is 0.355 e. The van der Waals surface area contributed by atoms with Gasteiger partial charge in [0.05, 0.1) is 0 Å². The van der Waals surface area contributed by atoms with E-state index >= 15 is 0 Å². The highest BCUT2D eigenvalue weighted by Crippen LogP contribution is 2.13. The second kappa shape index (κ2) is 8.33. The quantitative estimate of drug-likeness (QED) is 0.487. The second-order valence-corrected chi connectivity index (χ2v) is 4.86. The molecule has 2 aromatic rings. The molecular formula is C19H17NO4. The topological polar surface area (TPSA) is 75.6 Å². The largest absolute Gasteiger partial charge is 0.508 e. The van der Waals surface area contributed by atoms with E-state index in [0.717, 1.165) is 0 Å². The molecular weight excluding hydrogens is 306 g/mol. The van der Waals surface area contributed by atoms with Crippen molar-refractivity contribution in [2.24, 2.45) is 0 Å². The van der Waals surface area contributed by atoms with E-state index in [1.807, 2.05) is 0 Å². The molecule has 2 N–H and O–H groups in total. The fourth-order valence-electron chi connectivity index (χ4n) is 1.88. The van der Waals surface area contributed by atoms with Gasteiger partial charge in [0.15, 0.2) is 0 Å². The lowest BCUT2D eigenvalue weighted by Gasteiger charge is -2.09. The SMILES string of the molecule is C=CCOC(=O)/C(=C/c1ccc(O)cc1)NC(=O)c1ccccc1. The zero-order valence-corrected chi connectivity index (χ0v) is 12.9. The van der Waals surface area contributed by atoms with E-state index in [1.54, 1.807) is 42.5 Å². The highest BCUT2D eigenvalue weighted by Gasteiger charge is 2.15. The number of amides is 1. The van der Waals surface area contributed by atoms with Gasteiger partial charge >= 0.3 is 5.97 Å². The van der Waals surface area contributed by atoms with Crippen molar-refractivity contribution in [2.75, 3.05) is 6.61 Å². The number of phenolic OH excluding ortho intramolecular Hbond substituents is 1. The van der Waals surface area contributed by atoms with Crippen molar-refractivity contribution in [1.29, 1.82) is 0 Å². The van der Waals surface area contributed by atoms with Gasteiger partial charge < -0.3 is 15.2 Å². The van der Waals surface area contributed by atoms with Crippen LogP contribution in [0.25, 0.3) is 6.08 Å². The van der Waals surface area contributed by atoms with E-state index in [0.29, 0.717) is 11.1 Å². The maximum Gasteiger partial charge on any atom is 0.355 e. The fourth-order valence-corrected chi connectivity index (χ4v) is 1.88. The number of hydrogen-bond donors (Lipinski definition) is 2. The maximum absolute atomic E-state index is 12.3. The first-order valence-electron chi connectivity index (χ1n) is 7.25. The summed E-state index contributed by atoms with van der Waals surface area (Å²) in [5.74, 6) is -0.986. The van der Waals surface area contributed by atoms with Crippen molar-refractivity contribution in [3.8, 4) is 5.75 Å². The van der Waals surface area contributed by atoms with E-state index < -0.39 is 11.9 Å².